The van der Waals surface area contributed by atoms with E-state index in [-0.39, 0.29) is 0 Å². The Morgan fingerprint density at radius 1 is 1.11 bits per heavy atom. The summed E-state index contributed by atoms with van der Waals surface area (Å²) < 4.78 is 0. The van der Waals surface area contributed by atoms with E-state index < -0.39 is 0 Å². The number of rotatable bonds is 5. The summed E-state index contributed by atoms with van der Waals surface area (Å²) in [7, 11) is 0. The van der Waals surface area contributed by atoms with Crippen LogP contribution in [0.1, 0.15) is 38.2 Å². The number of nitrogens with zero attached hydrogens (tertiary/aromatic N) is 1. The lowest BCUT2D eigenvalue weighted by Gasteiger charge is -2.34. The Morgan fingerprint density at radius 3 is 2.42 bits per heavy atom. The summed E-state index contributed by atoms with van der Waals surface area (Å²) in [5, 5.41) is 3.84. The van der Waals surface area contributed by atoms with Crippen molar-refractivity contribution in [3.8, 4) is 0 Å². The highest BCUT2D eigenvalue weighted by molar-refractivity contribution is 5.14. The Morgan fingerprint density at radius 2 is 1.79 bits per heavy atom. The zero-order valence-corrected chi connectivity index (χ0v) is 12.0. The molecule has 1 heterocycles. The molecule has 1 aromatic carbocycles. The molecule has 1 N–H and O–H groups in total. The molecule has 2 heteroatoms. The van der Waals surface area contributed by atoms with Crippen LogP contribution >= 0.6 is 0 Å². The topological polar surface area (TPSA) is 15.3 Å². The summed E-state index contributed by atoms with van der Waals surface area (Å²) >= 11 is 0. The number of benzene rings is 1. The first-order valence-corrected chi connectivity index (χ1v) is 7.83. The van der Waals surface area contributed by atoms with E-state index in [1.165, 1.54) is 44.3 Å². The first kappa shape index (κ1) is 13.1. The first-order chi connectivity index (χ1) is 9.31. The molecule has 1 unspecified atom stereocenters. The molecular weight excluding hydrogens is 232 g/mol. The number of hydrogen-bond donors (Lipinski definition) is 1. The first-order valence-electron chi connectivity index (χ1n) is 7.83. The van der Waals surface area contributed by atoms with Gasteiger partial charge in [0.05, 0.1) is 0 Å². The molecule has 1 aliphatic heterocycles. The van der Waals surface area contributed by atoms with Crippen molar-refractivity contribution in [1.29, 1.82) is 0 Å². The summed E-state index contributed by atoms with van der Waals surface area (Å²) in [4.78, 5) is 2.59. The summed E-state index contributed by atoms with van der Waals surface area (Å²) in [5.74, 6) is 0.974. The molecule has 1 atom stereocenters. The maximum Gasteiger partial charge on any atom is 0.0233 e. The third kappa shape index (κ3) is 3.80. The van der Waals surface area contributed by atoms with Crippen LogP contribution in [-0.4, -0.2) is 30.1 Å². The maximum absolute atomic E-state index is 3.84. The normalized spacial score (nSPS) is 23.4. The molecule has 0 aromatic heterocycles. The largest absolute Gasteiger partial charge is 0.311 e. The summed E-state index contributed by atoms with van der Waals surface area (Å²) in [6, 6.07) is 12.3. The van der Waals surface area contributed by atoms with E-state index in [1.807, 2.05) is 0 Å². The van der Waals surface area contributed by atoms with Gasteiger partial charge in [0.25, 0.3) is 0 Å². The zero-order valence-electron chi connectivity index (χ0n) is 12.0. The second-order valence-electron chi connectivity index (χ2n) is 6.33. The molecule has 0 radical (unpaired) electrons. The van der Waals surface area contributed by atoms with E-state index in [2.05, 4.69) is 47.5 Å². The van der Waals surface area contributed by atoms with Crippen LogP contribution in [0.3, 0.4) is 0 Å². The van der Waals surface area contributed by atoms with E-state index in [9.17, 15) is 0 Å². The number of nitrogens with one attached hydrogen (secondary N) is 1. The Kier molecular flexibility index (Phi) is 4.19. The molecule has 104 valence electrons. The molecule has 1 saturated heterocycles. The second kappa shape index (κ2) is 6.06. The average Bonchev–Trinajstić information content (AvgIpc) is 3.27. The van der Waals surface area contributed by atoms with Crippen molar-refractivity contribution in [2.24, 2.45) is 5.92 Å². The minimum atomic E-state index is 0.741. The fourth-order valence-corrected chi connectivity index (χ4v) is 3.20. The molecule has 3 rings (SSSR count). The Labute approximate surface area is 117 Å². The molecule has 0 amide bonds. The molecule has 0 spiro atoms. The predicted octanol–water partition coefficient (Wildman–Crippen LogP) is 3.04. The minimum Gasteiger partial charge on any atom is -0.311 e. The van der Waals surface area contributed by atoms with Crippen molar-refractivity contribution < 1.29 is 0 Å². The number of likely N-dealkylation sites (tertiary alicyclic amines) is 1. The van der Waals surface area contributed by atoms with E-state index in [1.54, 1.807) is 0 Å². The second-order valence-corrected chi connectivity index (χ2v) is 6.33. The Hall–Kier alpha value is -0.860. The van der Waals surface area contributed by atoms with E-state index in [0.29, 0.717) is 0 Å². The van der Waals surface area contributed by atoms with E-state index >= 15 is 0 Å². The molecule has 0 bridgehead atoms. The van der Waals surface area contributed by atoms with Crippen LogP contribution < -0.4 is 5.32 Å². The van der Waals surface area contributed by atoms with E-state index in [0.717, 1.165) is 24.5 Å². The minimum absolute atomic E-state index is 0.741. The Balaban J connectivity index is 1.41. The van der Waals surface area contributed by atoms with Crippen molar-refractivity contribution in [1.82, 2.24) is 10.2 Å². The molecule has 2 nitrogen and oxygen atoms in total. The Bertz CT molecular complexity index is 378. The van der Waals surface area contributed by atoms with Crippen molar-refractivity contribution in [2.75, 3.05) is 13.1 Å². The van der Waals surface area contributed by atoms with Crippen LogP contribution in [0.5, 0.6) is 0 Å². The van der Waals surface area contributed by atoms with Crippen LogP contribution in [0.4, 0.5) is 0 Å². The monoisotopic (exact) mass is 258 g/mol. The molecule has 19 heavy (non-hydrogen) atoms. The van der Waals surface area contributed by atoms with Crippen LogP contribution in [0.2, 0.25) is 0 Å². The smallest absolute Gasteiger partial charge is 0.0233 e. The summed E-state index contributed by atoms with van der Waals surface area (Å²) in [5.41, 5.74) is 1.44. The van der Waals surface area contributed by atoms with Gasteiger partial charge >= 0.3 is 0 Å². The fraction of sp³-hybridized carbons (Fsp3) is 0.647. The number of hydrogen-bond acceptors (Lipinski definition) is 2. The van der Waals surface area contributed by atoms with Crippen molar-refractivity contribution in [3.63, 3.8) is 0 Å². The zero-order chi connectivity index (χ0) is 13.1. The van der Waals surface area contributed by atoms with Crippen LogP contribution in [-0.2, 0) is 6.54 Å². The molecule has 2 aliphatic rings. The van der Waals surface area contributed by atoms with Gasteiger partial charge in [0, 0.05) is 18.6 Å². The van der Waals surface area contributed by atoms with Gasteiger partial charge in [-0.25, -0.2) is 0 Å². The third-order valence-electron chi connectivity index (χ3n) is 4.66. The summed E-state index contributed by atoms with van der Waals surface area (Å²) in [6.07, 6.45) is 5.51. The standard InChI is InChI=1S/C17H26N2/c1-14(16-7-8-16)18-17-9-11-19(12-10-17)13-15-5-3-2-4-6-15/h2-6,14,16-18H,7-13H2,1H3. The molecule has 1 saturated carbocycles. The van der Waals surface area contributed by atoms with Gasteiger partial charge in [-0.15, -0.1) is 0 Å². The number of piperidine rings is 1. The van der Waals surface area contributed by atoms with Crippen LogP contribution in [0, 0.1) is 5.92 Å². The highest BCUT2D eigenvalue weighted by atomic mass is 15.1. The van der Waals surface area contributed by atoms with Gasteiger partial charge in [0.2, 0.25) is 0 Å². The van der Waals surface area contributed by atoms with Crippen molar-refractivity contribution in [2.45, 2.75) is 51.2 Å². The highest BCUT2D eigenvalue weighted by Gasteiger charge is 2.30. The SMILES string of the molecule is CC(NC1CCN(Cc2ccccc2)CC1)C1CC1. The van der Waals surface area contributed by atoms with Gasteiger partial charge in [0.15, 0.2) is 0 Å². The third-order valence-corrected chi connectivity index (χ3v) is 4.66. The lowest BCUT2D eigenvalue weighted by molar-refractivity contribution is 0.183. The van der Waals surface area contributed by atoms with Crippen LogP contribution in [0.15, 0.2) is 30.3 Å². The molecule has 1 aliphatic carbocycles. The van der Waals surface area contributed by atoms with Gasteiger partial charge in [0.1, 0.15) is 0 Å². The lowest BCUT2D eigenvalue weighted by Crippen LogP contribution is -2.45. The average molecular weight is 258 g/mol. The predicted molar refractivity (Wildman–Crippen MR) is 80.1 cm³/mol. The maximum atomic E-state index is 3.84. The quantitative estimate of drug-likeness (QED) is 0.873. The van der Waals surface area contributed by atoms with Crippen molar-refractivity contribution in [3.05, 3.63) is 35.9 Å². The van der Waals surface area contributed by atoms with Gasteiger partial charge < -0.3 is 5.32 Å². The van der Waals surface area contributed by atoms with Crippen LogP contribution in [0.25, 0.3) is 0 Å². The van der Waals surface area contributed by atoms with Crippen molar-refractivity contribution >= 4 is 0 Å². The fourth-order valence-electron chi connectivity index (χ4n) is 3.20. The molecular formula is C17H26N2. The molecule has 1 aromatic rings. The van der Waals surface area contributed by atoms with Gasteiger partial charge in [-0.05, 0) is 57.2 Å². The summed E-state index contributed by atoms with van der Waals surface area (Å²) in [6.45, 7) is 5.97. The van der Waals surface area contributed by atoms with Gasteiger partial charge in [-0.3, -0.25) is 4.90 Å². The molecule has 2 fully saturated rings. The highest BCUT2D eigenvalue weighted by Crippen LogP contribution is 2.32. The lowest BCUT2D eigenvalue weighted by atomic mass is 10.0. The van der Waals surface area contributed by atoms with Gasteiger partial charge in [-0.2, -0.15) is 0 Å². The van der Waals surface area contributed by atoms with E-state index in [4.69, 9.17) is 0 Å². The van der Waals surface area contributed by atoms with Gasteiger partial charge in [-0.1, -0.05) is 30.3 Å².